The number of benzene rings is 1. The molecule has 0 heterocycles. The zero-order chi connectivity index (χ0) is 13.0. The molecule has 0 aromatic heterocycles. The number of Topliss-reactive ketones (excluding diaryl/α,β-unsaturated/α-hetero) is 1. The number of halogens is 1. The molecule has 0 aliphatic carbocycles. The van der Waals surface area contributed by atoms with E-state index < -0.39 is 5.92 Å². The van der Waals surface area contributed by atoms with Gasteiger partial charge < -0.3 is 0 Å². The van der Waals surface area contributed by atoms with E-state index in [0.717, 1.165) is 5.56 Å². The topological polar surface area (TPSA) is 40.9 Å². The predicted octanol–water partition coefficient (Wildman–Crippen LogP) is 4.02. The van der Waals surface area contributed by atoms with Crippen LogP contribution in [0, 0.1) is 30.1 Å². The van der Waals surface area contributed by atoms with Crippen LogP contribution in [-0.2, 0) is 0 Å². The van der Waals surface area contributed by atoms with Gasteiger partial charge in [0.25, 0.3) is 0 Å². The number of carbonyl (C=O) groups is 1. The van der Waals surface area contributed by atoms with Gasteiger partial charge in [-0.3, -0.25) is 4.79 Å². The van der Waals surface area contributed by atoms with Crippen molar-refractivity contribution in [2.24, 2.45) is 11.8 Å². The number of aryl methyl sites for hydroxylation is 1. The van der Waals surface area contributed by atoms with Gasteiger partial charge in [0.05, 0.1) is 6.07 Å². The van der Waals surface area contributed by atoms with Gasteiger partial charge in [-0.05, 0) is 30.9 Å². The van der Waals surface area contributed by atoms with E-state index in [-0.39, 0.29) is 5.78 Å². The number of nitrogens with zero attached hydrogens (tertiary/aromatic N) is 1. The predicted molar refractivity (Wildman–Crippen MR) is 69.1 cm³/mol. The molecule has 0 N–H and O–H groups in total. The standard InChI is InChI=1S/C14H16ClNO/c1-9(2)6-12(8-16)14(17)11-5-4-10(3)13(15)7-11/h4-5,7,9,12H,6H2,1-3H3. The molecule has 0 aliphatic rings. The molecule has 2 nitrogen and oxygen atoms in total. The van der Waals surface area contributed by atoms with Crippen LogP contribution >= 0.6 is 11.6 Å². The average Bonchev–Trinajstić information content (AvgIpc) is 2.28. The van der Waals surface area contributed by atoms with Crippen LogP contribution in [-0.4, -0.2) is 5.78 Å². The van der Waals surface area contributed by atoms with E-state index in [0.29, 0.717) is 22.9 Å². The number of carbonyl (C=O) groups excluding carboxylic acids is 1. The average molecular weight is 250 g/mol. The molecule has 0 aliphatic heterocycles. The zero-order valence-corrected chi connectivity index (χ0v) is 11.1. The van der Waals surface area contributed by atoms with Crippen LogP contribution in [0.5, 0.6) is 0 Å². The minimum Gasteiger partial charge on any atom is -0.293 e. The first kappa shape index (κ1) is 13.7. The van der Waals surface area contributed by atoms with Crippen molar-refractivity contribution in [1.82, 2.24) is 0 Å². The summed E-state index contributed by atoms with van der Waals surface area (Å²) in [5, 5.41) is 9.59. The van der Waals surface area contributed by atoms with Gasteiger partial charge in [-0.15, -0.1) is 0 Å². The molecule has 0 fully saturated rings. The SMILES string of the molecule is Cc1ccc(C(=O)C(C#N)CC(C)C)cc1Cl. The molecule has 0 bridgehead atoms. The second-order valence-electron chi connectivity index (χ2n) is 4.64. The Bertz CT molecular complexity index is 460. The number of rotatable bonds is 4. The van der Waals surface area contributed by atoms with Gasteiger partial charge in [0.1, 0.15) is 5.92 Å². The summed E-state index contributed by atoms with van der Waals surface area (Å²) >= 11 is 5.98. The summed E-state index contributed by atoms with van der Waals surface area (Å²) in [6.45, 7) is 5.88. The summed E-state index contributed by atoms with van der Waals surface area (Å²) in [5.41, 5.74) is 1.45. The molecule has 0 amide bonds. The Hall–Kier alpha value is -1.33. The van der Waals surface area contributed by atoms with Crippen molar-refractivity contribution in [3.05, 3.63) is 34.3 Å². The van der Waals surface area contributed by atoms with Crippen LogP contribution in [0.2, 0.25) is 5.02 Å². The van der Waals surface area contributed by atoms with Crippen molar-refractivity contribution in [2.45, 2.75) is 27.2 Å². The van der Waals surface area contributed by atoms with E-state index in [1.807, 2.05) is 20.8 Å². The fourth-order valence-corrected chi connectivity index (χ4v) is 1.82. The fourth-order valence-electron chi connectivity index (χ4n) is 1.64. The molecule has 17 heavy (non-hydrogen) atoms. The van der Waals surface area contributed by atoms with Crippen LogP contribution in [0.15, 0.2) is 18.2 Å². The summed E-state index contributed by atoms with van der Waals surface area (Å²) in [6.07, 6.45) is 0.584. The molecule has 1 unspecified atom stereocenters. The van der Waals surface area contributed by atoms with E-state index in [2.05, 4.69) is 6.07 Å². The Morgan fingerprint density at radius 3 is 2.59 bits per heavy atom. The van der Waals surface area contributed by atoms with E-state index in [4.69, 9.17) is 16.9 Å². The molecule has 1 atom stereocenters. The summed E-state index contributed by atoms with van der Waals surface area (Å²) in [5.74, 6) is -0.388. The van der Waals surface area contributed by atoms with Crippen molar-refractivity contribution in [2.75, 3.05) is 0 Å². The van der Waals surface area contributed by atoms with E-state index >= 15 is 0 Å². The van der Waals surface area contributed by atoms with E-state index in [9.17, 15) is 4.79 Å². The van der Waals surface area contributed by atoms with Crippen molar-refractivity contribution in [3.63, 3.8) is 0 Å². The van der Waals surface area contributed by atoms with Crippen molar-refractivity contribution < 1.29 is 4.79 Å². The molecular weight excluding hydrogens is 234 g/mol. The highest BCUT2D eigenvalue weighted by Crippen LogP contribution is 2.21. The number of hydrogen-bond acceptors (Lipinski definition) is 2. The Morgan fingerprint density at radius 2 is 2.12 bits per heavy atom. The molecule has 0 saturated carbocycles. The Kier molecular flexibility index (Phi) is 4.72. The highest BCUT2D eigenvalue weighted by molar-refractivity contribution is 6.31. The Labute approximate surface area is 107 Å². The molecule has 90 valence electrons. The fraction of sp³-hybridized carbons (Fsp3) is 0.429. The molecule has 0 saturated heterocycles. The molecule has 1 rings (SSSR count). The third kappa shape index (κ3) is 3.57. The zero-order valence-electron chi connectivity index (χ0n) is 10.3. The van der Waals surface area contributed by atoms with Crippen molar-refractivity contribution >= 4 is 17.4 Å². The van der Waals surface area contributed by atoms with Crippen LogP contribution in [0.3, 0.4) is 0 Å². The lowest BCUT2D eigenvalue weighted by molar-refractivity contribution is 0.0937. The van der Waals surface area contributed by atoms with Crippen molar-refractivity contribution in [3.8, 4) is 6.07 Å². The lowest BCUT2D eigenvalue weighted by Crippen LogP contribution is -2.15. The van der Waals surface area contributed by atoms with Gasteiger partial charge in [-0.25, -0.2) is 0 Å². The third-order valence-corrected chi connectivity index (χ3v) is 3.04. The Balaban J connectivity index is 2.95. The molecule has 3 heteroatoms. The second kappa shape index (κ2) is 5.84. The first-order chi connectivity index (χ1) is 7.95. The van der Waals surface area contributed by atoms with Crippen LogP contribution in [0.1, 0.15) is 36.2 Å². The van der Waals surface area contributed by atoms with E-state index in [1.165, 1.54) is 0 Å². The highest BCUT2D eigenvalue weighted by atomic mass is 35.5. The second-order valence-corrected chi connectivity index (χ2v) is 5.05. The number of nitriles is 1. The lowest BCUT2D eigenvalue weighted by Gasteiger charge is -2.11. The molecular formula is C14H16ClNO. The minimum absolute atomic E-state index is 0.136. The molecule has 0 radical (unpaired) electrons. The quantitative estimate of drug-likeness (QED) is 0.757. The van der Waals surface area contributed by atoms with E-state index in [1.54, 1.807) is 18.2 Å². The molecule has 1 aromatic rings. The number of hydrogen-bond donors (Lipinski definition) is 0. The maximum Gasteiger partial charge on any atom is 0.180 e. The van der Waals surface area contributed by atoms with Crippen LogP contribution in [0.25, 0.3) is 0 Å². The first-order valence-electron chi connectivity index (χ1n) is 5.65. The third-order valence-electron chi connectivity index (χ3n) is 2.64. The van der Waals surface area contributed by atoms with Gasteiger partial charge in [-0.1, -0.05) is 37.6 Å². The van der Waals surface area contributed by atoms with Gasteiger partial charge in [-0.2, -0.15) is 5.26 Å². The maximum absolute atomic E-state index is 12.1. The first-order valence-corrected chi connectivity index (χ1v) is 6.03. The maximum atomic E-state index is 12.1. The largest absolute Gasteiger partial charge is 0.293 e. The van der Waals surface area contributed by atoms with Gasteiger partial charge in [0, 0.05) is 10.6 Å². The summed E-state index contributed by atoms with van der Waals surface area (Å²) in [4.78, 5) is 12.1. The molecule has 1 aromatic carbocycles. The lowest BCUT2D eigenvalue weighted by atomic mass is 9.90. The van der Waals surface area contributed by atoms with Crippen molar-refractivity contribution in [1.29, 1.82) is 5.26 Å². The highest BCUT2D eigenvalue weighted by Gasteiger charge is 2.21. The van der Waals surface area contributed by atoms with Crippen LogP contribution in [0.4, 0.5) is 0 Å². The number of ketones is 1. The summed E-state index contributed by atoms with van der Waals surface area (Å²) in [7, 11) is 0. The van der Waals surface area contributed by atoms with Gasteiger partial charge >= 0.3 is 0 Å². The smallest absolute Gasteiger partial charge is 0.180 e. The molecule has 0 spiro atoms. The Morgan fingerprint density at radius 1 is 1.47 bits per heavy atom. The van der Waals surface area contributed by atoms with Gasteiger partial charge in [0.2, 0.25) is 0 Å². The summed E-state index contributed by atoms with van der Waals surface area (Å²) in [6, 6.07) is 7.25. The minimum atomic E-state index is -0.575. The van der Waals surface area contributed by atoms with Gasteiger partial charge in [0.15, 0.2) is 5.78 Å². The monoisotopic (exact) mass is 249 g/mol. The normalized spacial score (nSPS) is 12.2. The van der Waals surface area contributed by atoms with Crippen LogP contribution < -0.4 is 0 Å². The summed E-state index contributed by atoms with van der Waals surface area (Å²) < 4.78 is 0.